The summed E-state index contributed by atoms with van der Waals surface area (Å²) in [5, 5.41) is 15.6. The van der Waals surface area contributed by atoms with E-state index in [1.54, 1.807) is 21.3 Å². The van der Waals surface area contributed by atoms with Crippen LogP contribution in [0.3, 0.4) is 0 Å². The maximum Gasteiger partial charge on any atom is 0.328 e. The Balaban J connectivity index is 0.000000583. The Morgan fingerprint density at radius 3 is 1.66 bits per heavy atom. The van der Waals surface area contributed by atoms with E-state index in [4.69, 9.17) is 24.4 Å². The van der Waals surface area contributed by atoms with Gasteiger partial charge in [-0.2, -0.15) is 0 Å². The van der Waals surface area contributed by atoms with Gasteiger partial charge in [0.1, 0.15) is 11.6 Å². The summed E-state index contributed by atoms with van der Waals surface area (Å²) >= 11 is 0. The normalized spacial score (nSPS) is 13.8. The number of carboxylic acids is 2. The van der Waals surface area contributed by atoms with Gasteiger partial charge >= 0.3 is 11.9 Å². The number of ether oxygens (including phenoxy) is 3. The fourth-order valence-corrected chi connectivity index (χ4v) is 5.52. The van der Waals surface area contributed by atoms with Crippen molar-refractivity contribution in [3.8, 4) is 17.2 Å². The minimum absolute atomic E-state index is 0.132. The van der Waals surface area contributed by atoms with Crippen LogP contribution in [-0.4, -0.2) is 68.0 Å². The number of nitrogens with zero attached hydrogens (tertiary/aromatic N) is 1. The quantitative estimate of drug-likeness (QED) is 0.234. The fourth-order valence-electron chi connectivity index (χ4n) is 5.52. The fraction of sp³-hybridized carbons (Fsp3) is 0.353. The van der Waals surface area contributed by atoms with Crippen LogP contribution < -0.4 is 14.2 Å². The molecule has 236 valence electrons. The van der Waals surface area contributed by atoms with E-state index in [0.717, 1.165) is 62.0 Å². The van der Waals surface area contributed by atoms with Crippen LogP contribution in [0.25, 0.3) is 0 Å². The van der Waals surface area contributed by atoms with E-state index in [2.05, 4.69) is 4.90 Å². The smallest absolute Gasteiger partial charge is 0.328 e. The predicted octanol–water partition coefficient (Wildman–Crippen LogP) is 6.18. The van der Waals surface area contributed by atoms with Gasteiger partial charge in [-0.05, 0) is 104 Å². The zero-order valence-corrected chi connectivity index (χ0v) is 25.2. The molecule has 44 heavy (non-hydrogen) atoms. The number of rotatable bonds is 12. The van der Waals surface area contributed by atoms with Crippen molar-refractivity contribution in [2.45, 2.75) is 31.6 Å². The first-order valence-corrected chi connectivity index (χ1v) is 14.3. The lowest BCUT2D eigenvalue weighted by Crippen LogP contribution is -2.36. The molecule has 1 aliphatic heterocycles. The van der Waals surface area contributed by atoms with Gasteiger partial charge in [0.2, 0.25) is 5.75 Å². The third-order valence-electron chi connectivity index (χ3n) is 7.59. The highest BCUT2D eigenvalue weighted by Gasteiger charge is 2.29. The standard InChI is InChI=1S/C30H35F2NO3.C4H4O4/c1-34-27-19-21(20-28(35-2)30(27)36-3)5-4-16-33-17-14-24(15-18-33)29(22-6-10-25(31)11-7-22)23-8-12-26(32)13-9-23;5-3(6)1-2-4(7)8/h6-13,19-20,24,29H,4-5,14-18H2,1-3H3;1-2H,(H,5,6)(H,7,8)/b;2-1+. The summed E-state index contributed by atoms with van der Waals surface area (Å²) in [5.41, 5.74) is 3.33. The summed E-state index contributed by atoms with van der Waals surface area (Å²) in [7, 11) is 4.88. The highest BCUT2D eigenvalue weighted by atomic mass is 19.1. The van der Waals surface area contributed by atoms with Gasteiger partial charge in [-0.15, -0.1) is 0 Å². The topological polar surface area (TPSA) is 106 Å². The maximum atomic E-state index is 13.6. The number of aryl methyl sites for hydroxylation is 1. The van der Waals surface area contributed by atoms with Crippen LogP contribution in [0.15, 0.2) is 72.8 Å². The first-order valence-electron chi connectivity index (χ1n) is 14.3. The second kappa shape index (κ2) is 17.0. The molecule has 0 aliphatic carbocycles. The van der Waals surface area contributed by atoms with E-state index >= 15 is 0 Å². The lowest BCUT2D eigenvalue weighted by Gasteiger charge is -2.36. The predicted molar refractivity (Wildman–Crippen MR) is 163 cm³/mol. The number of hydrogen-bond acceptors (Lipinski definition) is 6. The average molecular weight is 612 g/mol. The Morgan fingerprint density at radius 2 is 1.27 bits per heavy atom. The minimum atomic E-state index is -1.26. The molecule has 10 heteroatoms. The van der Waals surface area contributed by atoms with E-state index in [-0.39, 0.29) is 17.6 Å². The SMILES string of the molecule is COc1cc(CCCN2CCC(C(c3ccc(F)cc3)c3ccc(F)cc3)CC2)cc(OC)c1OC.O=C(O)/C=C/C(=O)O. The van der Waals surface area contributed by atoms with Gasteiger partial charge in [0.25, 0.3) is 0 Å². The molecular formula is C34H39F2NO7. The minimum Gasteiger partial charge on any atom is -0.493 e. The summed E-state index contributed by atoms with van der Waals surface area (Å²) in [6.07, 6.45) is 5.16. The van der Waals surface area contributed by atoms with Crippen molar-refractivity contribution in [2.24, 2.45) is 5.92 Å². The van der Waals surface area contributed by atoms with Crippen molar-refractivity contribution in [3.63, 3.8) is 0 Å². The number of carboxylic acid groups (broad SMARTS) is 2. The van der Waals surface area contributed by atoms with Crippen molar-refractivity contribution < 1.29 is 42.8 Å². The second-order valence-corrected chi connectivity index (χ2v) is 10.4. The third kappa shape index (κ3) is 10.1. The van der Waals surface area contributed by atoms with Crippen molar-refractivity contribution in [1.82, 2.24) is 4.90 Å². The van der Waals surface area contributed by atoms with Crippen LogP contribution in [-0.2, 0) is 16.0 Å². The second-order valence-electron chi connectivity index (χ2n) is 10.4. The third-order valence-corrected chi connectivity index (χ3v) is 7.59. The zero-order chi connectivity index (χ0) is 32.1. The Kier molecular flexibility index (Phi) is 13.2. The number of halogens is 2. The molecule has 3 aromatic carbocycles. The van der Waals surface area contributed by atoms with Crippen LogP contribution in [0.4, 0.5) is 8.78 Å². The molecule has 0 bridgehead atoms. The first-order chi connectivity index (χ1) is 21.1. The van der Waals surface area contributed by atoms with Crippen molar-refractivity contribution >= 4 is 11.9 Å². The van der Waals surface area contributed by atoms with Crippen molar-refractivity contribution in [2.75, 3.05) is 41.0 Å². The van der Waals surface area contributed by atoms with Gasteiger partial charge in [-0.1, -0.05) is 24.3 Å². The summed E-state index contributed by atoms with van der Waals surface area (Å²) < 4.78 is 43.6. The molecule has 0 amide bonds. The van der Waals surface area contributed by atoms with Crippen molar-refractivity contribution in [1.29, 1.82) is 0 Å². The van der Waals surface area contributed by atoms with Gasteiger partial charge in [0.15, 0.2) is 11.5 Å². The monoisotopic (exact) mass is 611 g/mol. The van der Waals surface area contributed by atoms with Gasteiger partial charge < -0.3 is 29.3 Å². The average Bonchev–Trinajstić information content (AvgIpc) is 3.02. The summed E-state index contributed by atoms with van der Waals surface area (Å²) in [5.74, 6) is -0.458. The van der Waals surface area contributed by atoms with E-state index < -0.39 is 11.9 Å². The largest absolute Gasteiger partial charge is 0.493 e. The van der Waals surface area contributed by atoms with Crippen LogP contribution in [0.5, 0.6) is 17.2 Å². The Labute approximate surface area is 256 Å². The van der Waals surface area contributed by atoms with Crippen LogP contribution in [0.2, 0.25) is 0 Å². The molecular weight excluding hydrogens is 572 g/mol. The van der Waals surface area contributed by atoms with Crippen molar-refractivity contribution in [3.05, 3.63) is 101 Å². The molecule has 4 rings (SSSR count). The number of likely N-dealkylation sites (tertiary alicyclic amines) is 1. The molecule has 1 fully saturated rings. The summed E-state index contributed by atoms with van der Waals surface area (Å²) in [6, 6.07) is 17.6. The lowest BCUT2D eigenvalue weighted by molar-refractivity contribution is -0.134. The van der Waals surface area contributed by atoms with Gasteiger partial charge in [0.05, 0.1) is 21.3 Å². The number of carbonyl (C=O) groups is 2. The maximum absolute atomic E-state index is 13.6. The van der Waals surface area contributed by atoms with E-state index in [9.17, 15) is 18.4 Å². The molecule has 3 aromatic rings. The summed E-state index contributed by atoms with van der Waals surface area (Å²) in [6.45, 7) is 3.04. The molecule has 2 N–H and O–H groups in total. The van der Waals surface area contributed by atoms with Crippen LogP contribution in [0, 0.1) is 17.6 Å². The number of methoxy groups -OCH3 is 3. The molecule has 0 atom stereocenters. The van der Waals surface area contributed by atoms with E-state index in [1.807, 2.05) is 36.4 Å². The Bertz CT molecular complexity index is 1300. The molecule has 8 nitrogen and oxygen atoms in total. The Morgan fingerprint density at radius 1 is 0.818 bits per heavy atom. The number of benzene rings is 3. The molecule has 0 saturated carbocycles. The Hall–Kier alpha value is -4.44. The molecule has 0 aromatic heterocycles. The molecule has 0 unspecified atom stereocenters. The first kappa shape index (κ1) is 34.1. The van der Waals surface area contributed by atoms with Gasteiger partial charge in [0, 0.05) is 18.1 Å². The van der Waals surface area contributed by atoms with E-state index in [1.165, 1.54) is 24.3 Å². The number of aliphatic carboxylic acids is 2. The highest BCUT2D eigenvalue weighted by molar-refractivity contribution is 5.89. The van der Waals surface area contributed by atoms with Gasteiger partial charge in [-0.25, -0.2) is 18.4 Å². The number of hydrogen-bond donors (Lipinski definition) is 2. The zero-order valence-electron chi connectivity index (χ0n) is 25.2. The molecule has 1 aliphatic rings. The number of piperidine rings is 1. The molecule has 1 saturated heterocycles. The molecule has 0 spiro atoms. The van der Waals surface area contributed by atoms with Crippen LogP contribution >= 0.6 is 0 Å². The summed E-state index contributed by atoms with van der Waals surface area (Å²) in [4.78, 5) is 21.6. The molecule has 1 heterocycles. The van der Waals surface area contributed by atoms with E-state index in [0.29, 0.717) is 35.3 Å². The van der Waals surface area contributed by atoms with Gasteiger partial charge in [-0.3, -0.25) is 0 Å². The molecule has 0 radical (unpaired) electrons. The lowest BCUT2D eigenvalue weighted by atomic mass is 9.76. The highest BCUT2D eigenvalue weighted by Crippen LogP contribution is 2.39. The van der Waals surface area contributed by atoms with Crippen LogP contribution in [0.1, 0.15) is 41.9 Å².